The Kier molecular flexibility index (Phi) is 3.55. The molecule has 0 aromatic carbocycles. The minimum Gasteiger partial charge on any atom is -0.353 e. The molecule has 1 spiro atoms. The third-order valence-corrected chi connectivity index (χ3v) is 3.75. The second-order valence-electron chi connectivity index (χ2n) is 6.22. The minimum atomic E-state index is -4.82. The Morgan fingerprint density at radius 1 is 1.32 bits per heavy atom. The molecule has 4 nitrogen and oxygen atoms in total. The first-order valence-corrected chi connectivity index (χ1v) is 6.34. The molecule has 1 N–H and O–H groups in total. The molecule has 0 aliphatic carbocycles. The maximum absolute atomic E-state index is 12.3. The summed E-state index contributed by atoms with van der Waals surface area (Å²) in [6, 6.07) is 0. The number of carbonyl (C=O) groups excluding carboxylic acids is 1. The van der Waals surface area contributed by atoms with E-state index in [1.807, 2.05) is 0 Å². The van der Waals surface area contributed by atoms with Crippen LogP contribution in [0.3, 0.4) is 0 Å². The van der Waals surface area contributed by atoms with Crippen LogP contribution >= 0.6 is 0 Å². The molecule has 2 rings (SSSR count). The smallest absolute Gasteiger partial charge is 0.353 e. The van der Waals surface area contributed by atoms with E-state index in [4.69, 9.17) is 4.74 Å². The molecule has 2 fully saturated rings. The molecule has 2 saturated heterocycles. The number of nitrogens with one attached hydrogen (secondary N) is 1. The monoisotopic (exact) mass is 280 g/mol. The molecule has 0 aromatic rings. The Balaban J connectivity index is 1.97. The molecule has 2 aliphatic heterocycles. The van der Waals surface area contributed by atoms with Crippen LogP contribution in [-0.4, -0.2) is 48.9 Å². The number of hydrogen-bond donors (Lipinski definition) is 1. The average Bonchev–Trinajstić information content (AvgIpc) is 2.26. The van der Waals surface area contributed by atoms with Crippen LogP contribution in [0.25, 0.3) is 0 Å². The first-order chi connectivity index (χ1) is 8.64. The largest absolute Gasteiger partial charge is 0.471 e. The van der Waals surface area contributed by atoms with Gasteiger partial charge in [0.25, 0.3) is 0 Å². The van der Waals surface area contributed by atoms with E-state index in [0.717, 1.165) is 17.9 Å². The summed E-state index contributed by atoms with van der Waals surface area (Å²) >= 11 is 0. The SMILES string of the molecule is CC1(C)CNCC2(CCN(C(=O)C(F)(F)F)CO2)C1. The quantitative estimate of drug-likeness (QED) is 0.731. The summed E-state index contributed by atoms with van der Waals surface area (Å²) in [7, 11) is 0. The Morgan fingerprint density at radius 3 is 2.47 bits per heavy atom. The highest BCUT2D eigenvalue weighted by molar-refractivity contribution is 5.81. The third kappa shape index (κ3) is 3.20. The molecule has 1 atom stereocenters. The van der Waals surface area contributed by atoms with Crippen LogP contribution in [-0.2, 0) is 9.53 Å². The maximum Gasteiger partial charge on any atom is 0.471 e. The van der Waals surface area contributed by atoms with Gasteiger partial charge in [-0.3, -0.25) is 4.79 Å². The van der Waals surface area contributed by atoms with Crippen molar-refractivity contribution in [3.8, 4) is 0 Å². The van der Waals surface area contributed by atoms with Gasteiger partial charge in [-0.2, -0.15) is 13.2 Å². The molecule has 0 saturated carbocycles. The fourth-order valence-electron chi connectivity index (χ4n) is 2.93. The number of hydrogen-bond acceptors (Lipinski definition) is 3. The summed E-state index contributed by atoms with van der Waals surface area (Å²) in [5, 5.41) is 3.26. The van der Waals surface area contributed by atoms with Gasteiger partial charge in [-0.15, -0.1) is 0 Å². The van der Waals surface area contributed by atoms with Crippen LogP contribution in [0.15, 0.2) is 0 Å². The van der Waals surface area contributed by atoms with Crippen molar-refractivity contribution in [3.05, 3.63) is 0 Å². The third-order valence-electron chi connectivity index (χ3n) is 3.75. The lowest BCUT2D eigenvalue weighted by Gasteiger charge is -2.49. The van der Waals surface area contributed by atoms with Crippen LogP contribution in [0.1, 0.15) is 26.7 Å². The highest BCUT2D eigenvalue weighted by atomic mass is 19.4. The van der Waals surface area contributed by atoms with Gasteiger partial charge in [-0.25, -0.2) is 0 Å². The van der Waals surface area contributed by atoms with Crippen molar-refractivity contribution >= 4 is 5.91 Å². The van der Waals surface area contributed by atoms with Crippen molar-refractivity contribution in [3.63, 3.8) is 0 Å². The zero-order valence-corrected chi connectivity index (χ0v) is 11.1. The second kappa shape index (κ2) is 4.63. The van der Waals surface area contributed by atoms with E-state index in [-0.39, 0.29) is 18.7 Å². The fraction of sp³-hybridized carbons (Fsp3) is 0.917. The molecule has 2 aliphatic rings. The van der Waals surface area contributed by atoms with Gasteiger partial charge in [0.2, 0.25) is 0 Å². The number of halogens is 3. The van der Waals surface area contributed by atoms with Gasteiger partial charge < -0.3 is 15.0 Å². The number of nitrogens with zero attached hydrogens (tertiary/aromatic N) is 1. The zero-order valence-electron chi connectivity index (χ0n) is 11.1. The normalized spacial score (nSPS) is 31.5. The van der Waals surface area contributed by atoms with Crippen molar-refractivity contribution in [1.29, 1.82) is 0 Å². The van der Waals surface area contributed by atoms with Crippen LogP contribution in [0, 0.1) is 5.41 Å². The number of ether oxygens (including phenoxy) is 1. The highest BCUT2D eigenvalue weighted by Gasteiger charge is 2.48. The minimum absolute atomic E-state index is 0.0501. The summed E-state index contributed by atoms with van der Waals surface area (Å²) in [5.74, 6) is -1.81. The van der Waals surface area contributed by atoms with E-state index < -0.39 is 17.7 Å². The van der Waals surface area contributed by atoms with Crippen LogP contribution in [0.5, 0.6) is 0 Å². The molecule has 0 bridgehead atoms. The molecule has 2 heterocycles. The van der Waals surface area contributed by atoms with E-state index in [1.54, 1.807) is 0 Å². The summed E-state index contributed by atoms with van der Waals surface area (Å²) in [6.45, 7) is 5.50. The van der Waals surface area contributed by atoms with Crippen molar-refractivity contribution in [2.45, 2.75) is 38.5 Å². The van der Waals surface area contributed by atoms with E-state index in [9.17, 15) is 18.0 Å². The van der Waals surface area contributed by atoms with E-state index in [0.29, 0.717) is 13.0 Å². The lowest BCUT2D eigenvalue weighted by Crippen LogP contribution is -2.60. The number of carbonyl (C=O) groups is 1. The molecular weight excluding hydrogens is 261 g/mol. The molecule has 110 valence electrons. The van der Waals surface area contributed by atoms with E-state index in [2.05, 4.69) is 19.2 Å². The molecule has 0 radical (unpaired) electrons. The lowest BCUT2D eigenvalue weighted by atomic mass is 9.75. The number of rotatable bonds is 0. The van der Waals surface area contributed by atoms with Gasteiger partial charge in [0, 0.05) is 19.6 Å². The van der Waals surface area contributed by atoms with E-state index in [1.165, 1.54) is 0 Å². The number of amides is 1. The zero-order chi connectivity index (χ0) is 14.3. The predicted octanol–water partition coefficient (Wildman–Crippen LogP) is 1.51. The lowest BCUT2D eigenvalue weighted by molar-refractivity contribution is -0.209. The molecule has 19 heavy (non-hydrogen) atoms. The molecular formula is C12H19F3N2O2. The molecule has 0 aromatic heterocycles. The molecule has 7 heteroatoms. The highest BCUT2D eigenvalue weighted by Crippen LogP contribution is 2.38. The predicted molar refractivity (Wildman–Crippen MR) is 62.3 cm³/mol. The van der Waals surface area contributed by atoms with Gasteiger partial charge in [-0.05, 0) is 18.3 Å². The summed E-state index contributed by atoms with van der Waals surface area (Å²) in [6.07, 6.45) is -3.59. The Labute approximate surface area is 110 Å². The first kappa shape index (κ1) is 14.6. The Morgan fingerprint density at radius 2 is 2.00 bits per heavy atom. The summed E-state index contributed by atoms with van der Waals surface area (Å²) in [5.41, 5.74) is -0.390. The summed E-state index contributed by atoms with van der Waals surface area (Å²) < 4.78 is 42.6. The van der Waals surface area contributed by atoms with Crippen LogP contribution < -0.4 is 5.32 Å². The van der Waals surface area contributed by atoms with Gasteiger partial charge in [-0.1, -0.05) is 13.8 Å². The fourth-order valence-corrected chi connectivity index (χ4v) is 2.93. The standard InChI is InChI=1S/C12H19F3N2O2/c1-10(2)5-11(7-16-6-10)3-4-17(8-19-11)9(18)12(13,14)15/h16H,3-8H2,1-2H3. The first-order valence-electron chi connectivity index (χ1n) is 6.34. The van der Waals surface area contributed by atoms with Gasteiger partial charge in [0.1, 0.15) is 6.73 Å². The average molecular weight is 280 g/mol. The maximum atomic E-state index is 12.3. The van der Waals surface area contributed by atoms with Gasteiger partial charge >= 0.3 is 12.1 Å². The van der Waals surface area contributed by atoms with Crippen molar-refractivity contribution in [2.75, 3.05) is 26.4 Å². The number of piperidine rings is 1. The Hall–Kier alpha value is -0.820. The topological polar surface area (TPSA) is 41.6 Å². The van der Waals surface area contributed by atoms with Crippen molar-refractivity contribution < 1.29 is 22.7 Å². The molecule has 1 amide bonds. The Bertz CT molecular complexity index is 360. The van der Waals surface area contributed by atoms with E-state index >= 15 is 0 Å². The van der Waals surface area contributed by atoms with Crippen molar-refractivity contribution in [2.24, 2.45) is 5.41 Å². The van der Waals surface area contributed by atoms with Gasteiger partial charge in [0.15, 0.2) is 0 Å². The van der Waals surface area contributed by atoms with Gasteiger partial charge in [0.05, 0.1) is 5.60 Å². The second-order valence-corrected chi connectivity index (χ2v) is 6.22. The van der Waals surface area contributed by atoms with Crippen LogP contribution in [0.4, 0.5) is 13.2 Å². The number of alkyl halides is 3. The van der Waals surface area contributed by atoms with Crippen molar-refractivity contribution in [1.82, 2.24) is 10.2 Å². The molecule has 1 unspecified atom stereocenters. The van der Waals surface area contributed by atoms with Crippen LogP contribution in [0.2, 0.25) is 0 Å². The summed E-state index contributed by atoms with van der Waals surface area (Å²) in [4.78, 5) is 11.9.